The minimum atomic E-state index is -0.342. The van der Waals surface area contributed by atoms with Gasteiger partial charge in [-0.05, 0) is 44.9 Å². The van der Waals surface area contributed by atoms with E-state index in [9.17, 15) is 4.79 Å². The Balaban J connectivity index is 1.68. The highest BCUT2D eigenvalue weighted by molar-refractivity contribution is 8.00. The molecule has 1 amide bonds. The summed E-state index contributed by atoms with van der Waals surface area (Å²) in [5.41, 5.74) is 0.953. The lowest BCUT2D eigenvalue weighted by atomic mass is 9.95. The van der Waals surface area contributed by atoms with Crippen LogP contribution in [0.4, 0.5) is 5.69 Å². The van der Waals surface area contributed by atoms with Crippen LogP contribution in [-0.4, -0.2) is 25.9 Å². The molecule has 3 rings (SSSR count). The number of hydrogen-bond acceptors (Lipinski definition) is 5. The molecule has 142 valence electrons. The maximum Gasteiger partial charge on any atom is 0.237 e. The van der Waals surface area contributed by atoms with Crippen LogP contribution >= 0.6 is 23.4 Å². The van der Waals surface area contributed by atoms with Gasteiger partial charge in [0, 0.05) is 11.7 Å². The van der Waals surface area contributed by atoms with E-state index in [0.717, 1.165) is 23.8 Å². The molecule has 1 N–H and O–H groups in total. The van der Waals surface area contributed by atoms with E-state index in [2.05, 4.69) is 20.1 Å². The number of carbonyl (C=O) groups is 1. The zero-order valence-corrected chi connectivity index (χ0v) is 17.0. The van der Waals surface area contributed by atoms with Crippen molar-refractivity contribution in [3.8, 4) is 6.07 Å². The van der Waals surface area contributed by atoms with Crippen LogP contribution in [0.3, 0.4) is 0 Å². The molecule has 1 unspecified atom stereocenters. The number of aromatic nitrogens is 3. The third-order valence-electron chi connectivity index (χ3n) is 4.78. The van der Waals surface area contributed by atoms with Crippen molar-refractivity contribution >= 4 is 35.0 Å². The molecule has 1 fully saturated rings. The summed E-state index contributed by atoms with van der Waals surface area (Å²) >= 11 is 7.45. The maximum absolute atomic E-state index is 12.6. The van der Waals surface area contributed by atoms with Crippen molar-refractivity contribution in [2.45, 2.75) is 62.4 Å². The number of nitriles is 1. The Kier molecular flexibility index (Phi) is 6.40. The summed E-state index contributed by atoms with van der Waals surface area (Å²) in [4.78, 5) is 12.6. The van der Waals surface area contributed by atoms with Crippen LogP contribution in [0.1, 0.15) is 56.5 Å². The first kappa shape index (κ1) is 19.7. The summed E-state index contributed by atoms with van der Waals surface area (Å²) < 4.78 is 2.19. The summed E-state index contributed by atoms with van der Waals surface area (Å²) in [6.07, 6.45) is 6.00. The number of amides is 1. The molecule has 1 aromatic carbocycles. The number of halogens is 1. The van der Waals surface area contributed by atoms with E-state index >= 15 is 0 Å². The zero-order valence-electron chi connectivity index (χ0n) is 15.4. The fourth-order valence-electron chi connectivity index (χ4n) is 3.33. The first-order valence-electron chi connectivity index (χ1n) is 9.08. The highest BCUT2D eigenvalue weighted by Crippen LogP contribution is 2.33. The molecule has 0 aliphatic heterocycles. The molecule has 0 saturated heterocycles. The van der Waals surface area contributed by atoms with Gasteiger partial charge in [0.15, 0.2) is 5.16 Å². The highest BCUT2D eigenvalue weighted by Gasteiger charge is 2.24. The van der Waals surface area contributed by atoms with Gasteiger partial charge in [0.2, 0.25) is 5.91 Å². The number of anilines is 1. The zero-order chi connectivity index (χ0) is 19.4. The van der Waals surface area contributed by atoms with Gasteiger partial charge in [0.25, 0.3) is 0 Å². The number of thioether (sulfide) groups is 1. The molecule has 0 spiro atoms. The third-order valence-corrected chi connectivity index (χ3v) is 6.15. The summed E-state index contributed by atoms with van der Waals surface area (Å²) in [5, 5.41) is 21.1. The van der Waals surface area contributed by atoms with Crippen molar-refractivity contribution in [3.05, 3.63) is 34.6 Å². The topological polar surface area (TPSA) is 83.6 Å². The van der Waals surface area contributed by atoms with Crippen molar-refractivity contribution in [2.24, 2.45) is 0 Å². The van der Waals surface area contributed by atoms with Gasteiger partial charge in [0.1, 0.15) is 11.9 Å². The minimum absolute atomic E-state index is 0.142. The molecule has 27 heavy (non-hydrogen) atoms. The van der Waals surface area contributed by atoms with E-state index in [1.165, 1.54) is 31.0 Å². The number of carbonyl (C=O) groups excluding carboxylic acids is 1. The van der Waals surface area contributed by atoms with Crippen molar-refractivity contribution in [1.82, 2.24) is 14.8 Å². The number of benzene rings is 1. The largest absolute Gasteiger partial charge is 0.325 e. The molecule has 1 aromatic heterocycles. The van der Waals surface area contributed by atoms with Gasteiger partial charge in [-0.3, -0.25) is 4.79 Å². The van der Waals surface area contributed by atoms with Crippen molar-refractivity contribution in [2.75, 3.05) is 5.32 Å². The third kappa shape index (κ3) is 4.63. The molecular weight excluding hydrogens is 382 g/mol. The number of hydrogen-bond donors (Lipinski definition) is 1. The SMILES string of the molecule is Cc1nnc(SC(C)C(=O)Nc2ccc(C#N)c(Cl)c2)n1C1CCCCC1. The second-order valence-corrected chi connectivity index (χ2v) is 8.46. The first-order chi connectivity index (χ1) is 13.0. The lowest BCUT2D eigenvalue weighted by Gasteiger charge is -2.25. The molecule has 0 radical (unpaired) electrons. The van der Waals surface area contributed by atoms with Crippen LogP contribution in [0, 0.1) is 18.3 Å². The molecule has 6 nitrogen and oxygen atoms in total. The molecular formula is C19H22ClN5OS. The van der Waals surface area contributed by atoms with Gasteiger partial charge in [-0.25, -0.2) is 0 Å². The molecule has 8 heteroatoms. The van der Waals surface area contributed by atoms with Crippen LogP contribution in [0.5, 0.6) is 0 Å². The first-order valence-corrected chi connectivity index (χ1v) is 10.3. The van der Waals surface area contributed by atoms with Crippen LogP contribution in [0.15, 0.2) is 23.4 Å². The Labute approximate surface area is 168 Å². The smallest absolute Gasteiger partial charge is 0.237 e. The maximum atomic E-state index is 12.6. The number of aryl methyl sites for hydroxylation is 1. The lowest BCUT2D eigenvalue weighted by molar-refractivity contribution is -0.115. The van der Waals surface area contributed by atoms with E-state index in [1.54, 1.807) is 18.2 Å². The predicted molar refractivity (Wildman–Crippen MR) is 107 cm³/mol. The Morgan fingerprint density at radius 1 is 1.37 bits per heavy atom. The summed E-state index contributed by atoms with van der Waals surface area (Å²) in [7, 11) is 0. The number of rotatable bonds is 5. The Morgan fingerprint density at radius 2 is 2.11 bits per heavy atom. The van der Waals surface area contributed by atoms with Crippen LogP contribution in [-0.2, 0) is 4.79 Å². The van der Waals surface area contributed by atoms with E-state index < -0.39 is 0 Å². The van der Waals surface area contributed by atoms with Gasteiger partial charge < -0.3 is 9.88 Å². The van der Waals surface area contributed by atoms with Crippen molar-refractivity contribution < 1.29 is 4.79 Å². The normalized spacial score (nSPS) is 15.9. The molecule has 1 aliphatic carbocycles. The highest BCUT2D eigenvalue weighted by atomic mass is 35.5. The summed E-state index contributed by atoms with van der Waals surface area (Å²) in [5.74, 6) is 0.757. The number of nitrogens with one attached hydrogen (secondary N) is 1. The average Bonchev–Trinajstić information content (AvgIpc) is 3.02. The predicted octanol–water partition coefficient (Wildman–Crippen LogP) is 4.74. The fraction of sp³-hybridized carbons (Fsp3) is 0.474. The second-order valence-electron chi connectivity index (χ2n) is 6.75. The molecule has 0 bridgehead atoms. The Bertz CT molecular complexity index is 869. The van der Waals surface area contributed by atoms with Gasteiger partial charge in [0.05, 0.1) is 15.8 Å². The van der Waals surface area contributed by atoms with Crippen LogP contribution in [0.2, 0.25) is 5.02 Å². The Morgan fingerprint density at radius 3 is 2.78 bits per heavy atom. The van der Waals surface area contributed by atoms with E-state index in [4.69, 9.17) is 16.9 Å². The average molecular weight is 404 g/mol. The standard InChI is InChI=1S/C19H22ClN5OS/c1-12(18(26)22-15-9-8-14(11-21)17(20)10-15)27-19-24-23-13(2)25(19)16-6-4-3-5-7-16/h8-10,12,16H,3-7H2,1-2H3,(H,22,26). The van der Waals surface area contributed by atoms with Crippen molar-refractivity contribution in [3.63, 3.8) is 0 Å². The van der Waals surface area contributed by atoms with Gasteiger partial charge >= 0.3 is 0 Å². The second kappa shape index (κ2) is 8.77. The molecule has 1 atom stereocenters. The van der Waals surface area contributed by atoms with Crippen LogP contribution in [0.25, 0.3) is 0 Å². The van der Waals surface area contributed by atoms with E-state index in [0.29, 0.717) is 22.3 Å². The summed E-state index contributed by atoms with van der Waals surface area (Å²) in [6.45, 7) is 3.82. The van der Waals surface area contributed by atoms with Gasteiger partial charge in [-0.1, -0.05) is 42.6 Å². The minimum Gasteiger partial charge on any atom is -0.325 e. The molecule has 2 aromatic rings. The monoisotopic (exact) mass is 403 g/mol. The van der Waals surface area contributed by atoms with Gasteiger partial charge in [-0.15, -0.1) is 10.2 Å². The lowest BCUT2D eigenvalue weighted by Crippen LogP contribution is -2.23. The van der Waals surface area contributed by atoms with Gasteiger partial charge in [-0.2, -0.15) is 5.26 Å². The quantitative estimate of drug-likeness (QED) is 0.729. The molecule has 1 aliphatic rings. The molecule has 1 saturated carbocycles. The number of nitrogens with zero attached hydrogens (tertiary/aromatic N) is 4. The van der Waals surface area contributed by atoms with E-state index in [-0.39, 0.29) is 11.2 Å². The van der Waals surface area contributed by atoms with E-state index in [1.807, 2.05) is 19.9 Å². The molecule has 1 heterocycles. The fourth-order valence-corrected chi connectivity index (χ4v) is 4.52. The summed E-state index contributed by atoms with van der Waals surface area (Å²) in [6, 6.07) is 7.28. The van der Waals surface area contributed by atoms with Crippen molar-refractivity contribution in [1.29, 1.82) is 5.26 Å². The Hall–Kier alpha value is -2.04. The van der Waals surface area contributed by atoms with Crippen LogP contribution < -0.4 is 5.32 Å².